The summed E-state index contributed by atoms with van der Waals surface area (Å²) in [6.45, 7) is 0. The summed E-state index contributed by atoms with van der Waals surface area (Å²) in [6, 6.07) is 16.5. The molecular formula is C20H20N2O4S. The first-order valence-electron chi connectivity index (χ1n) is 8.68. The molecule has 4 rings (SSSR count). The summed E-state index contributed by atoms with van der Waals surface area (Å²) in [6.07, 6.45) is -1.05. The third-order valence-electron chi connectivity index (χ3n) is 5.07. The van der Waals surface area contributed by atoms with E-state index in [4.69, 9.17) is 0 Å². The molecule has 6 nitrogen and oxygen atoms in total. The molecule has 0 saturated carbocycles. The topological polar surface area (TPSA) is 90.5 Å². The summed E-state index contributed by atoms with van der Waals surface area (Å²) in [5.41, 5.74) is 3.29. The monoisotopic (exact) mass is 384 g/mol. The first-order valence-corrected chi connectivity index (χ1v) is 10.5. The lowest BCUT2D eigenvalue weighted by Crippen LogP contribution is -2.44. The largest absolute Gasteiger partial charge is 0.390 e. The molecule has 3 aromatic rings. The van der Waals surface area contributed by atoms with Crippen molar-refractivity contribution in [3.8, 4) is 11.3 Å². The second-order valence-electron chi connectivity index (χ2n) is 6.98. The third-order valence-corrected chi connectivity index (χ3v) is 6.76. The van der Waals surface area contributed by atoms with E-state index in [1.165, 1.54) is 11.9 Å². The number of nitrogens with zero attached hydrogens (tertiary/aromatic N) is 1. The first kappa shape index (κ1) is 17.8. The quantitative estimate of drug-likeness (QED) is 0.723. The predicted molar refractivity (Wildman–Crippen MR) is 104 cm³/mol. The number of aromatic nitrogens is 1. The second kappa shape index (κ2) is 6.51. The first-order chi connectivity index (χ1) is 12.8. The normalized spacial score (nSPS) is 21.4. The third kappa shape index (κ3) is 3.36. The highest BCUT2D eigenvalue weighted by Gasteiger charge is 2.40. The van der Waals surface area contributed by atoms with Crippen LogP contribution in [0.2, 0.25) is 0 Å². The van der Waals surface area contributed by atoms with Crippen LogP contribution in [0.15, 0.2) is 54.6 Å². The van der Waals surface area contributed by atoms with Crippen molar-refractivity contribution in [3.05, 3.63) is 60.2 Å². The molecule has 1 aliphatic heterocycles. The summed E-state index contributed by atoms with van der Waals surface area (Å²) in [4.78, 5) is 17.5. The molecule has 2 N–H and O–H groups in total. The van der Waals surface area contributed by atoms with Crippen molar-refractivity contribution < 1.29 is 18.3 Å². The van der Waals surface area contributed by atoms with Gasteiger partial charge in [0.05, 0.1) is 23.7 Å². The van der Waals surface area contributed by atoms with Crippen LogP contribution in [0.4, 0.5) is 0 Å². The van der Waals surface area contributed by atoms with Gasteiger partial charge >= 0.3 is 0 Å². The van der Waals surface area contributed by atoms with E-state index in [0.29, 0.717) is 5.56 Å². The number of benzene rings is 2. The molecule has 0 unspecified atom stereocenters. The second-order valence-corrected chi connectivity index (χ2v) is 9.13. The molecule has 1 saturated heterocycles. The lowest BCUT2D eigenvalue weighted by molar-refractivity contribution is 0.0581. The SMILES string of the molecule is CN(C(=O)c1ccc2cc(-c3ccccc3)[nH]c2c1)[C@@H]1CS(=O)(=O)C[C@H]1O. The molecule has 0 radical (unpaired) electrons. The number of amides is 1. The van der Waals surface area contributed by atoms with Crippen LogP contribution < -0.4 is 0 Å². The summed E-state index contributed by atoms with van der Waals surface area (Å²) in [7, 11) is -1.78. The molecule has 140 valence electrons. The van der Waals surface area contributed by atoms with E-state index < -0.39 is 22.0 Å². The highest BCUT2D eigenvalue weighted by molar-refractivity contribution is 7.91. The van der Waals surface area contributed by atoms with Gasteiger partial charge < -0.3 is 15.0 Å². The van der Waals surface area contributed by atoms with Gasteiger partial charge in [-0.05, 0) is 23.8 Å². The predicted octanol–water partition coefficient (Wildman–Crippen LogP) is 2.06. The average molecular weight is 384 g/mol. The van der Waals surface area contributed by atoms with Gasteiger partial charge in [-0.1, -0.05) is 36.4 Å². The number of nitrogens with one attached hydrogen (secondary N) is 1. The Balaban J connectivity index is 1.63. The van der Waals surface area contributed by atoms with Gasteiger partial charge in [0.25, 0.3) is 5.91 Å². The van der Waals surface area contributed by atoms with Gasteiger partial charge in [0.15, 0.2) is 9.84 Å². The van der Waals surface area contributed by atoms with Crippen molar-refractivity contribution in [2.75, 3.05) is 18.6 Å². The zero-order valence-corrected chi connectivity index (χ0v) is 15.6. The number of H-pyrrole nitrogens is 1. The summed E-state index contributed by atoms with van der Waals surface area (Å²) in [5.74, 6) is -0.820. The number of aliphatic hydroxyl groups excluding tert-OH is 1. The number of fused-ring (bicyclic) bond motifs is 1. The van der Waals surface area contributed by atoms with Crippen molar-refractivity contribution in [2.24, 2.45) is 0 Å². The zero-order chi connectivity index (χ0) is 19.2. The molecule has 1 amide bonds. The number of hydrogen-bond acceptors (Lipinski definition) is 4. The molecule has 7 heteroatoms. The van der Waals surface area contributed by atoms with Crippen LogP contribution in [0.3, 0.4) is 0 Å². The average Bonchev–Trinajstić information content (AvgIpc) is 3.20. The fourth-order valence-corrected chi connectivity index (χ4v) is 5.41. The Labute approximate surface area is 157 Å². The van der Waals surface area contributed by atoms with Crippen LogP contribution in [-0.4, -0.2) is 60.0 Å². The van der Waals surface area contributed by atoms with Crippen molar-refractivity contribution in [3.63, 3.8) is 0 Å². The Morgan fingerprint density at radius 1 is 1.11 bits per heavy atom. The number of hydrogen-bond donors (Lipinski definition) is 2. The number of rotatable bonds is 3. The van der Waals surface area contributed by atoms with Gasteiger partial charge in [0.2, 0.25) is 0 Å². The fourth-order valence-electron chi connectivity index (χ4n) is 3.57. The number of carbonyl (C=O) groups is 1. The minimum Gasteiger partial charge on any atom is -0.390 e. The molecule has 2 atom stereocenters. The summed E-state index contributed by atoms with van der Waals surface area (Å²) < 4.78 is 23.4. The fraction of sp³-hybridized carbons (Fsp3) is 0.250. The minimum atomic E-state index is -3.32. The molecule has 2 aromatic carbocycles. The van der Waals surface area contributed by atoms with Crippen LogP contribution in [0.1, 0.15) is 10.4 Å². The Kier molecular flexibility index (Phi) is 4.28. The van der Waals surface area contributed by atoms with Crippen molar-refractivity contribution in [1.29, 1.82) is 0 Å². The Bertz CT molecular complexity index is 1110. The van der Waals surface area contributed by atoms with Crippen LogP contribution in [0.25, 0.3) is 22.2 Å². The van der Waals surface area contributed by atoms with Crippen molar-refractivity contribution in [1.82, 2.24) is 9.88 Å². The molecule has 27 heavy (non-hydrogen) atoms. The van der Waals surface area contributed by atoms with E-state index in [0.717, 1.165) is 22.2 Å². The molecule has 0 spiro atoms. The maximum absolute atomic E-state index is 12.8. The Morgan fingerprint density at radius 3 is 2.52 bits per heavy atom. The minimum absolute atomic E-state index is 0.209. The number of aromatic amines is 1. The maximum Gasteiger partial charge on any atom is 0.254 e. The molecular weight excluding hydrogens is 364 g/mol. The van der Waals surface area contributed by atoms with Gasteiger partial charge in [-0.2, -0.15) is 0 Å². The Hall–Kier alpha value is -2.64. The van der Waals surface area contributed by atoms with Gasteiger partial charge in [-0.3, -0.25) is 4.79 Å². The van der Waals surface area contributed by atoms with Gasteiger partial charge in [0.1, 0.15) is 0 Å². The summed E-state index contributed by atoms with van der Waals surface area (Å²) >= 11 is 0. The molecule has 0 bridgehead atoms. The highest BCUT2D eigenvalue weighted by atomic mass is 32.2. The van der Waals surface area contributed by atoms with Gasteiger partial charge in [-0.25, -0.2) is 8.42 Å². The van der Waals surface area contributed by atoms with E-state index in [1.54, 1.807) is 12.1 Å². The molecule has 1 aliphatic rings. The standard InChI is InChI=1S/C20H20N2O4S/c1-22(18-11-27(25,26)12-19(18)23)20(24)15-8-7-14-9-16(21-17(14)10-15)13-5-3-2-4-6-13/h2-10,18-19,21,23H,11-12H2,1H3/t18-,19-/m1/s1. The Morgan fingerprint density at radius 2 is 1.85 bits per heavy atom. The van der Waals surface area contributed by atoms with Crippen molar-refractivity contribution >= 4 is 26.6 Å². The van der Waals surface area contributed by atoms with Gasteiger partial charge in [0, 0.05) is 29.2 Å². The van der Waals surface area contributed by atoms with E-state index in [1.807, 2.05) is 42.5 Å². The number of carbonyl (C=O) groups excluding carboxylic acids is 1. The van der Waals surface area contributed by atoms with Crippen LogP contribution in [0.5, 0.6) is 0 Å². The number of aliphatic hydroxyl groups is 1. The van der Waals surface area contributed by atoms with Gasteiger partial charge in [-0.15, -0.1) is 0 Å². The smallest absolute Gasteiger partial charge is 0.254 e. The number of likely N-dealkylation sites (N-methyl/N-ethyl adjacent to an activating group) is 1. The maximum atomic E-state index is 12.8. The molecule has 1 fully saturated rings. The summed E-state index contributed by atoms with van der Waals surface area (Å²) in [5, 5.41) is 11.0. The molecule has 1 aromatic heterocycles. The zero-order valence-electron chi connectivity index (χ0n) is 14.8. The van der Waals surface area contributed by atoms with E-state index in [9.17, 15) is 18.3 Å². The lowest BCUT2D eigenvalue weighted by atomic mass is 10.1. The van der Waals surface area contributed by atoms with E-state index >= 15 is 0 Å². The van der Waals surface area contributed by atoms with Crippen LogP contribution in [0, 0.1) is 0 Å². The number of sulfone groups is 1. The van der Waals surface area contributed by atoms with Crippen LogP contribution >= 0.6 is 0 Å². The highest BCUT2D eigenvalue weighted by Crippen LogP contribution is 2.26. The van der Waals surface area contributed by atoms with Crippen LogP contribution in [-0.2, 0) is 9.84 Å². The van der Waals surface area contributed by atoms with E-state index in [2.05, 4.69) is 4.98 Å². The molecule has 2 heterocycles. The van der Waals surface area contributed by atoms with E-state index in [-0.39, 0.29) is 17.4 Å². The van der Waals surface area contributed by atoms with Crippen molar-refractivity contribution in [2.45, 2.75) is 12.1 Å². The molecule has 0 aliphatic carbocycles. The lowest BCUT2D eigenvalue weighted by Gasteiger charge is -2.26.